The SMILES string of the molecule is C#CCOc1cnc2c(Nc3cc(C(=O)OC)c(F)c([C@@]4(C)N=C(N)S[C@@]5(C(=O)OC)C[C@H]54)c3)nccc2n1. The molecule has 0 spiro atoms. The number of halogens is 1. The van der Waals surface area contributed by atoms with E-state index in [0.29, 0.717) is 29.0 Å². The number of nitrogens with zero attached hydrogens (tertiary/aromatic N) is 4. The molecule has 3 N–H and O–H groups in total. The highest BCUT2D eigenvalue weighted by molar-refractivity contribution is 8.15. The Kier molecular flexibility index (Phi) is 6.51. The van der Waals surface area contributed by atoms with Gasteiger partial charge in [0.05, 0.1) is 37.0 Å². The number of methoxy groups -OCH3 is 2. The van der Waals surface area contributed by atoms with E-state index in [1.165, 1.54) is 31.6 Å². The zero-order chi connectivity index (χ0) is 27.9. The molecule has 2 aromatic heterocycles. The molecule has 3 aromatic rings. The maximum atomic E-state index is 16.0. The van der Waals surface area contributed by atoms with Gasteiger partial charge in [-0.3, -0.25) is 9.79 Å². The fourth-order valence-corrected chi connectivity index (χ4v) is 6.28. The van der Waals surface area contributed by atoms with Crippen LogP contribution in [0.2, 0.25) is 0 Å². The van der Waals surface area contributed by atoms with Crippen LogP contribution in [0.15, 0.2) is 35.6 Å². The summed E-state index contributed by atoms with van der Waals surface area (Å²) in [4.78, 5) is 42.9. The smallest absolute Gasteiger partial charge is 0.340 e. The lowest BCUT2D eigenvalue weighted by molar-refractivity contribution is -0.141. The van der Waals surface area contributed by atoms with Gasteiger partial charge in [-0.05, 0) is 31.5 Å². The van der Waals surface area contributed by atoms with E-state index in [1.807, 2.05) is 0 Å². The molecular formula is C26H23FN6O5S. The van der Waals surface area contributed by atoms with Gasteiger partial charge >= 0.3 is 11.9 Å². The number of aromatic nitrogens is 3. The number of nitrogens with two attached hydrogens (primary N) is 1. The molecule has 200 valence electrons. The zero-order valence-electron chi connectivity index (χ0n) is 21.1. The van der Waals surface area contributed by atoms with Crippen LogP contribution < -0.4 is 15.8 Å². The first kappa shape index (κ1) is 26.2. The molecule has 1 saturated carbocycles. The number of carbonyl (C=O) groups is 2. The minimum atomic E-state index is -1.27. The second-order valence-corrected chi connectivity index (χ2v) is 10.4. The van der Waals surface area contributed by atoms with Crippen molar-refractivity contribution in [2.24, 2.45) is 16.6 Å². The number of benzene rings is 1. The lowest BCUT2D eigenvalue weighted by atomic mass is 9.84. The molecule has 1 aliphatic heterocycles. The normalized spacial score (nSPS) is 23.2. The van der Waals surface area contributed by atoms with Crippen LogP contribution in [0.4, 0.5) is 15.9 Å². The summed E-state index contributed by atoms with van der Waals surface area (Å²) in [5, 5.41) is 3.21. The summed E-state index contributed by atoms with van der Waals surface area (Å²) in [6.45, 7) is 1.71. The Balaban J connectivity index is 1.60. The number of anilines is 2. The number of nitrogens with one attached hydrogen (secondary N) is 1. The van der Waals surface area contributed by atoms with E-state index in [9.17, 15) is 9.59 Å². The number of rotatable bonds is 7. The minimum Gasteiger partial charge on any atom is -0.468 e. The fourth-order valence-electron chi connectivity index (χ4n) is 4.88. The van der Waals surface area contributed by atoms with Crippen LogP contribution in [0, 0.1) is 24.1 Å². The van der Waals surface area contributed by atoms with Crippen molar-refractivity contribution in [3.8, 4) is 18.2 Å². The maximum absolute atomic E-state index is 16.0. The minimum absolute atomic E-state index is 0.0353. The van der Waals surface area contributed by atoms with Crippen molar-refractivity contribution in [2.75, 3.05) is 26.1 Å². The Hall–Kier alpha value is -4.44. The number of pyridine rings is 1. The van der Waals surface area contributed by atoms with Crippen molar-refractivity contribution in [3.63, 3.8) is 0 Å². The third-order valence-electron chi connectivity index (χ3n) is 6.78. The zero-order valence-corrected chi connectivity index (χ0v) is 22.0. The Morgan fingerprint density at radius 3 is 2.82 bits per heavy atom. The van der Waals surface area contributed by atoms with Gasteiger partial charge in [0.15, 0.2) is 17.6 Å². The molecule has 3 atom stereocenters. The van der Waals surface area contributed by atoms with Crippen LogP contribution in [-0.4, -0.2) is 57.6 Å². The quantitative estimate of drug-likeness (QED) is 0.330. The van der Waals surface area contributed by atoms with Crippen LogP contribution >= 0.6 is 11.8 Å². The number of thioether (sulfide) groups is 1. The van der Waals surface area contributed by atoms with Gasteiger partial charge in [-0.2, -0.15) is 0 Å². The van der Waals surface area contributed by atoms with Gasteiger partial charge in [0.25, 0.3) is 0 Å². The average molecular weight is 551 g/mol. The number of hydrogen-bond acceptors (Lipinski definition) is 12. The summed E-state index contributed by atoms with van der Waals surface area (Å²) in [6.07, 6.45) is 8.52. The highest BCUT2D eigenvalue weighted by Gasteiger charge is 2.71. The number of ether oxygens (including phenoxy) is 3. The molecule has 0 radical (unpaired) electrons. The largest absolute Gasteiger partial charge is 0.468 e. The summed E-state index contributed by atoms with van der Waals surface area (Å²) < 4.78 is 30.2. The number of hydrogen-bond donors (Lipinski definition) is 2. The van der Waals surface area contributed by atoms with Gasteiger partial charge in [0, 0.05) is 23.4 Å². The molecule has 11 nitrogen and oxygen atoms in total. The topological polar surface area (TPSA) is 151 Å². The molecule has 0 amide bonds. The molecule has 1 aliphatic carbocycles. The van der Waals surface area contributed by atoms with Crippen molar-refractivity contribution in [3.05, 3.63) is 47.5 Å². The molecule has 2 aliphatic rings. The number of esters is 2. The fraction of sp³-hybridized carbons (Fsp3) is 0.308. The molecule has 1 fully saturated rings. The predicted molar refractivity (Wildman–Crippen MR) is 142 cm³/mol. The number of aliphatic imine (C=N–C) groups is 1. The molecule has 39 heavy (non-hydrogen) atoms. The lowest BCUT2D eigenvalue weighted by Crippen LogP contribution is -2.40. The van der Waals surface area contributed by atoms with Gasteiger partial charge in [-0.25, -0.2) is 24.1 Å². The van der Waals surface area contributed by atoms with Crippen molar-refractivity contribution in [2.45, 2.75) is 23.6 Å². The average Bonchev–Trinajstić information content (AvgIpc) is 3.68. The first-order valence-electron chi connectivity index (χ1n) is 11.7. The van der Waals surface area contributed by atoms with E-state index >= 15 is 4.39 Å². The second kappa shape index (κ2) is 9.70. The molecular weight excluding hydrogens is 527 g/mol. The van der Waals surface area contributed by atoms with Crippen LogP contribution in [0.25, 0.3) is 11.0 Å². The number of fused-ring (bicyclic) bond motifs is 2. The molecule has 0 unspecified atom stereocenters. The molecule has 0 saturated heterocycles. The molecule has 0 bridgehead atoms. The first-order valence-corrected chi connectivity index (χ1v) is 12.5. The molecule has 13 heteroatoms. The van der Waals surface area contributed by atoms with Crippen molar-refractivity contribution < 1.29 is 28.2 Å². The summed E-state index contributed by atoms with van der Waals surface area (Å²) in [7, 11) is 2.44. The Morgan fingerprint density at radius 1 is 1.31 bits per heavy atom. The molecule has 1 aromatic carbocycles. The Morgan fingerprint density at radius 2 is 2.10 bits per heavy atom. The van der Waals surface area contributed by atoms with Crippen LogP contribution in [0.1, 0.15) is 29.3 Å². The summed E-state index contributed by atoms with van der Waals surface area (Å²) in [6, 6.07) is 4.45. The third kappa shape index (κ3) is 4.36. The van der Waals surface area contributed by atoms with Crippen LogP contribution in [-0.2, 0) is 19.8 Å². The summed E-state index contributed by atoms with van der Waals surface area (Å²) in [5.74, 6) is 0.289. The third-order valence-corrected chi connectivity index (χ3v) is 8.06. The maximum Gasteiger partial charge on any atom is 0.340 e. The molecule has 5 rings (SSSR count). The summed E-state index contributed by atoms with van der Waals surface area (Å²) >= 11 is 1.10. The van der Waals surface area contributed by atoms with Crippen molar-refractivity contribution >= 4 is 51.4 Å². The van der Waals surface area contributed by atoms with Crippen LogP contribution in [0.3, 0.4) is 0 Å². The van der Waals surface area contributed by atoms with Crippen LogP contribution in [0.5, 0.6) is 5.88 Å². The Bertz CT molecular complexity index is 1590. The van der Waals surface area contributed by atoms with E-state index in [4.69, 9.17) is 26.4 Å². The summed E-state index contributed by atoms with van der Waals surface area (Å²) in [5.41, 5.74) is 5.73. The first-order chi connectivity index (χ1) is 18.7. The van der Waals surface area contributed by atoms with Crippen molar-refractivity contribution in [1.82, 2.24) is 15.0 Å². The standard InChI is InChI=1S/C26H23FN6O5S/c1-5-8-38-18-12-30-20-16(32-18)6-7-29-21(20)31-13-9-14(22(34)36-3)19(27)15(10-13)25(2)17-11-26(17,23(35)37-4)39-24(28)33-25/h1,6-7,9-10,12,17H,8,11H2,2-4H3,(H2,28,33)(H,29,31)/t17-,25+,26-/m0/s1. The van der Waals surface area contributed by atoms with E-state index in [2.05, 4.69) is 31.2 Å². The highest BCUT2D eigenvalue weighted by atomic mass is 32.2. The predicted octanol–water partition coefficient (Wildman–Crippen LogP) is 2.91. The molecule has 3 heterocycles. The van der Waals surface area contributed by atoms with Gasteiger partial charge in [0.2, 0.25) is 5.88 Å². The van der Waals surface area contributed by atoms with Crippen molar-refractivity contribution in [1.29, 1.82) is 0 Å². The van der Waals surface area contributed by atoms with Gasteiger partial charge < -0.3 is 25.3 Å². The van der Waals surface area contributed by atoms with E-state index in [0.717, 1.165) is 18.9 Å². The van der Waals surface area contributed by atoms with Gasteiger partial charge in [-0.1, -0.05) is 17.7 Å². The van der Waals surface area contributed by atoms with E-state index in [-0.39, 0.29) is 28.8 Å². The second-order valence-electron chi connectivity index (χ2n) is 9.07. The Labute approximate surface area is 226 Å². The van der Waals surface area contributed by atoms with Gasteiger partial charge in [0.1, 0.15) is 16.1 Å². The number of carbonyl (C=O) groups excluding carboxylic acids is 2. The van der Waals surface area contributed by atoms with E-state index in [1.54, 1.807) is 13.0 Å². The van der Waals surface area contributed by atoms with Gasteiger partial charge in [-0.15, -0.1) is 6.42 Å². The highest BCUT2D eigenvalue weighted by Crippen LogP contribution is 2.66. The number of terminal acetylenes is 1. The monoisotopic (exact) mass is 550 g/mol. The lowest BCUT2D eigenvalue weighted by Gasteiger charge is -2.33. The number of amidine groups is 1. The van der Waals surface area contributed by atoms with E-state index < -0.39 is 34.0 Å².